The molecule has 1 aliphatic rings. The van der Waals surface area contributed by atoms with Gasteiger partial charge in [0.25, 0.3) is 0 Å². The summed E-state index contributed by atoms with van der Waals surface area (Å²) in [6, 6.07) is 12.4. The highest BCUT2D eigenvalue weighted by molar-refractivity contribution is 5.68. The van der Waals surface area contributed by atoms with Crippen LogP contribution in [0.2, 0.25) is 0 Å². The van der Waals surface area contributed by atoms with E-state index in [0.717, 1.165) is 6.42 Å². The van der Waals surface area contributed by atoms with Crippen molar-refractivity contribution in [2.45, 2.75) is 38.7 Å². The fourth-order valence-corrected chi connectivity index (χ4v) is 2.67. The van der Waals surface area contributed by atoms with E-state index in [1.165, 1.54) is 5.56 Å². The fourth-order valence-electron chi connectivity index (χ4n) is 2.67. The number of hydrogen-bond donors (Lipinski definition) is 0. The molecule has 2 atom stereocenters. The number of ether oxygens (including phenoxy) is 1. The zero-order chi connectivity index (χ0) is 15.5. The maximum atomic E-state index is 12.1. The predicted octanol–water partition coefficient (Wildman–Crippen LogP) is 3.55. The Morgan fingerprint density at radius 1 is 1.33 bits per heavy atom. The molecule has 0 aliphatic carbocycles. The molecule has 1 fully saturated rings. The van der Waals surface area contributed by atoms with Crippen molar-refractivity contribution in [3.8, 4) is 6.07 Å². The number of carbonyl (C=O) groups is 1. The van der Waals surface area contributed by atoms with E-state index in [1.54, 1.807) is 4.90 Å². The van der Waals surface area contributed by atoms with Crippen LogP contribution in [0.4, 0.5) is 4.79 Å². The number of nitrogens with zero attached hydrogens (tertiary/aromatic N) is 2. The maximum Gasteiger partial charge on any atom is 0.410 e. The largest absolute Gasteiger partial charge is 0.444 e. The number of rotatable bonds is 1. The first-order valence-electron chi connectivity index (χ1n) is 7.33. The van der Waals surface area contributed by atoms with E-state index >= 15 is 0 Å². The predicted molar refractivity (Wildman–Crippen MR) is 80.7 cm³/mol. The molecule has 1 aliphatic heterocycles. The van der Waals surface area contributed by atoms with Gasteiger partial charge in [-0.25, -0.2) is 4.79 Å². The number of piperidine rings is 1. The monoisotopic (exact) mass is 286 g/mol. The Kier molecular flexibility index (Phi) is 4.52. The van der Waals surface area contributed by atoms with Crippen LogP contribution in [0.5, 0.6) is 0 Å². The summed E-state index contributed by atoms with van der Waals surface area (Å²) in [5, 5.41) is 9.43. The van der Waals surface area contributed by atoms with Crippen molar-refractivity contribution < 1.29 is 9.53 Å². The van der Waals surface area contributed by atoms with Crippen LogP contribution in [0.25, 0.3) is 0 Å². The lowest BCUT2D eigenvalue weighted by Crippen LogP contribution is -2.44. The van der Waals surface area contributed by atoms with Crippen LogP contribution in [0.3, 0.4) is 0 Å². The summed E-state index contributed by atoms with van der Waals surface area (Å²) >= 11 is 0. The molecule has 21 heavy (non-hydrogen) atoms. The van der Waals surface area contributed by atoms with E-state index < -0.39 is 5.60 Å². The van der Waals surface area contributed by atoms with Gasteiger partial charge < -0.3 is 9.64 Å². The maximum absolute atomic E-state index is 12.1. The van der Waals surface area contributed by atoms with Gasteiger partial charge in [0.1, 0.15) is 5.60 Å². The molecule has 2 unspecified atom stereocenters. The molecule has 0 aromatic heterocycles. The van der Waals surface area contributed by atoms with E-state index in [1.807, 2.05) is 39.0 Å². The Bertz CT molecular complexity index is 528. The van der Waals surface area contributed by atoms with Crippen LogP contribution < -0.4 is 0 Å². The first kappa shape index (κ1) is 15.4. The first-order chi connectivity index (χ1) is 9.90. The Balaban J connectivity index is 2.06. The minimum absolute atomic E-state index is 0.186. The number of benzene rings is 1. The Hall–Kier alpha value is -2.02. The molecule has 1 saturated heterocycles. The second kappa shape index (κ2) is 6.17. The van der Waals surface area contributed by atoms with Crippen molar-refractivity contribution in [1.29, 1.82) is 5.26 Å². The molecular weight excluding hydrogens is 264 g/mol. The molecule has 0 spiro atoms. The average Bonchev–Trinajstić information content (AvgIpc) is 2.45. The minimum atomic E-state index is -0.504. The molecule has 0 bridgehead atoms. The van der Waals surface area contributed by atoms with Gasteiger partial charge in [0.2, 0.25) is 0 Å². The number of hydrogen-bond acceptors (Lipinski definition) is 3. The Morgan fingerprint density at radius 2 is 2.00 bits per heavy atom. The topological polar surface area (TPSA) is 53.3 Å². The molecule has 0 radical (unpaired) electrons. The van der Waals surface area contributed by atoms with Gasteiger partial charge in [-0.1, -0.05) is 30.3 Å². The van der Waals surface area contributed by atoms with Gasteiger partial charge in [0, 0.05) is 19.0 Å². The van der Waals surface area contributed by atoms with Crippen LogP contribution in [-0.2, 0) is 4.74 Å². The SMILES string of the molecule is CC(C)(C)OC(=O)N1CCC(c2ccccc2)C(C#N)C1. The van der Waals surface area contributed by atoms with Gasteiger partial charge in [-0.2, -0.15) is 5.26 Å². The van der Waals surface area contributed by atoms with Crippen LogP contribution in [0.15, 0.2) is 30.3 Å². The van der Waals surface area contributed by atoms with Crippen molar-refractivity contribution in [3.05, 3.63) is 35.9 Å². The van der Waals surface area contributed by atoms with E-state index in [4.69, 9.17) is 4.74 Å². The lowest BCUT2D eigenvalue weighted by atomic mass is 9.81. The van der Waals surface area contributed by atoms with Crippen LogP contribution in [0, 0.1) is 17.2 Å². The highest BCUT2D eigenvalue weighted by Gasteiger charge is 2.34. The Labute approximate surface area is 126 Å². The average molecular weight is 286 g/mol. The summed E-state index contributed by atoms with van der Waals surface area (Å²) < 4.78 is 5.39. The molecule has 0 N–H and O–H groups in total. The summed E-state index contributed by atoms with van der Waals surface area (Å²) in [7, 11) is 0. The fraction of sp³-hybridized carbons (Fsp3) is 0.529. The zero-order valence-electron chi connectivity index (χ0n) is 12.9. The molecule has 1 amide bonds. The third kappa shape index (κ3) is 3.98. The molecular formula is C17H22N2O2. The minimum Gasteiger partial charge on any atom is -0.444 e. The number of likely N-dealkylation sites (tertiary alicyclic amines) is 1. The van der Waals surface area contributed by atoms with Crippen molar-refractivity contribution in [1.82, 2.24) is 4.90 Å². The smallest absolute Gasteiger partial charge is 0.410 e. The highest BCUT2D eigenvalue weighted by Crippen LogP contribution is 2.33. The van der Waals surface area contributed by atoms with Gasteiger partial charge in [0.15, 0.2) is 0 Å². The molecule has 0 saturated carbocycles. The summed E-state index contributed by atoms with van der Waals surface area (Å²) in [6.45, 7) is 6.62. The summed E-state index contributed by atoms with van der Waals surface area (Å²) in [5.74, 6) is 0.00329. The van der Waals surface area contributed by atoms with Gasteiger partial charge >= 0.3 is 6.09 Å². The second-order valence-electron chi connectivity index (χ2n) is 6.47. The number of carbonyl (C=O) groups excluding carboxylic acids is 1. The van der Waals surface area contributed by atoms with E-state index in [-0.39, 0.29) is 17.9 Å². The van der Waals surface area contributed by atoms with E-state index in [0.29, 0.717) is 13.1 Å². The standard InChI is InChI=1S/C17H22N2O2/c1-17(2,3)21-16(20)19-10-9-15(14(11-18)12-19)13-7-5-4-6-8-13/h4-8,14-15H,9-10,12H2,1-3H3. The van der Waals surface area contributed by atoms with Gasteiger partial charge in [0.05, 0.1) is 12.0 Å². The highest BCUT2D eigenvalue weighted by atomic mass is 16.6. The lowest BCUT2D eigenvalue weighted by Gasteiger charge is -2.36. The summed E-state index contributed by atoms with van der Waals surface area (Å²) in [6.07, 6.45) is 0.468. The zero-order valence-corrected chi connectivity index (χ0v) is 12.9. The molecule has 2 rings (SSSR count). The van der Waals surface area contributed by atoms with Gasteiger partial charge in [-0.05, 0) is 32.8 Å². The Morgan fingerprint density at radius 3 is 2.57 bits per heavy atom. The van der Waals surface area contributed by atoms with Gasteiger partial charge in [-0.15, -0.1) is 0 Å². The van der Waals surface area contributed by atoms with Gasteiger partial charge in [-0.3, -0.25) is 0 Å². The van der Waals surface area contributed by atoms with Crippen LogP contribution in [-0.4, -0.2) is 29.7 Å². The molecule has 4 nitrogen and oxygen atoms in total. The number of amides is 1. The second-order valence-corrected chi connectivity index (χ2v) is 6.47. The van der Waals surface area contributed by atoms with E-state index in [9.17, 15) is 10.1 Å². The molecule has 1 heterocycles. The quantitative estimate of drug-likeness (QED) is 0.793. The van der Waals surface area contributed by atoms with Crippen LogP contribution in [0.1, 0.15) is 38.7 Å². The number of nitriles is 1. The molecule has 4 heteroatoms. The van der Waals surface area contributed by atoms with Crippen molar-refractivity contribution in [2.24, 2.45) is 5.92 Å². The first-order valence-corrected chi connectivity index (χ1v) is 7.33. The lowest BCUT2D eigenvalue weighted by molar-refractivity contribution is 0.0173. The van der Waals surface area contributed by atoms with Crippen molar-refractivity contribution in [3.63, 3.8) is 0 Å². The third-order valence-electron chi connectivity index (χ3n) is 3.66. The summed E-state index contributed by atoms with van der Waals surface area (Å²) in [5.41, 5.74) is 0.670. The summed E-state index contributed by atoms with van der Waals surface area (Å²) in [4.78, 5) is 13.8. The molecule has 1 aromatic rings. The molecule has 112 valence electrons. The van der Waals surface area contributed by atoms with E-state index in [2.05, 4.69) is 18.2 Å². The molecule has 1 aromatic carbocycles. The normalized spacial score (nSPS) is 22.5. The van der Waals surface area contributed by atoms with Crippen molar-refractivity contribution >= 4 is 6.09 Å². The van der Waals surface area contributed by atoms with Crippen molar-refractivity contribution in [2.75, 3.05) is 13.1 Å². The van der Waals surface area contributed by atoms with Crippen LogP contribution >= 0.6 is 0 Å². The third-order valence-corrected chi connectivity index (χ3v) is 3.66.